The third-order valence-corrected chi connectivity index (χ3v) is 5.78. The number of fused-ring (bicyclic) bond motifs is 1. The minimum atomic E-state index is -0.0401. The minimum Gasteiger partial charge on any atom is -0.486 e. The van der Waals surface area contributed by atoms with Gasteiger partial charge in [-0.1, -0.05) is 23.7 Å². The van der Waals surface area contributed by atoms with E-state index in [2.05, 4.69) is 16.3 Å². The van der Waals surface area contributed by atoms with Gasteiger partial charge in [0.05, 0.1) is 16.7 Å². The number of carbonyl (C=O) groups is 1. The Labute approximate surface area is 187 Å². The lowest BCUT2D eigenvalue weighted by molar-refractivity contribution is 0.135. The molecule has 2 aliphatic heterocycles. The van der Waals surface area contributed by atoms with Crippen LogP contribution in [-0.4, -0.2) is 61.8 Å². The van der Waals surface area contributed by atoms with Gasteiger partial charge in [-0.3, -0.25) is 4.90 Å². The summed E-state index contributed by atoms with van der Waals surface area (Å²) in [5.74, 6) is 1.26. The molecule has 0 unspecified atom stereocenters. The molecule has 2 aromatic rings. The summed E-state index contributed by atoms with van der Waals surface area (Å²) in [6.45, 7) is 5.40. The zero-order chi connectivity index (χ0) is 21.6. The van der Waals surface area contributed by atoms with Gasteiger partial charge in [0.25, 0.3) is 0 Å². The van der Waals surface area contributed by atoms with E-state index >= 15 is 0 Å². The van der Waals surface area contributed by atoms with Crippen LogP contribution in [-0.2, 0) is 13.0 Å². The van der Waals surface area contributed by atoms with E-state index in [-0.39, 0.29) is 6.03 Å². The molecule has 0 spiro atoms. The summed E-state index contributed by atoms with van der Waals surface area (Å²) in [5, 5.41) is 12.4. The highest BCUT2D eigenvalue weighted by Crippen LogP contribution is 2.38. The van der Waals surface area contributed by atoms with Crippen LogP contribution in [0.5, 0.6) is 11.5 Å². The van der Waals surface area contributed by atoms with Crippen molar-refractivity contribution in [3.63, 3.8) is 0 Å². The summed E-state index contributed by atoms with van der Waals surface area (Å²) in [5.41, 5.74) is 2.85. The highest BCUT2D eigenvalue weighted by atomic mass is 35.5. The molecule has 31 heavy (non-hydrogen) atoms. The molecule has 0 saturated carbocycles. The van der Waals surface area contributed by atoms with E-state index in [9.17, 15) is 4.79 Å². The number of rotatable bonds is 5. The van der Waals surface area contributed by atoms with Crippen molar-refractivity contribution in [1.82, 2.24) is 15.1 Å². The lowest BCUT2D eigenvalue weighted by Gasteiger charge is -2.34. The first-order valence-electron chi connectivity index (χ1n) is 10.4. The average molecular weight is 441 g/mol. The molecule has 162 valence electrons. The summed E-state index contributed by atoms with van der Waals surface area (Å²) < 4.78 is 11.1. The maximum atomic E-state index is 12.5. The van der Waals surface area contributed by atoms with Crippen LogP contribution in [0.15, 0.2) is 36.4 Å². The number of nitrogens with zero attached hydrogens (tertiary/aromatic N) is 3. The highest BCUT2D eigenvalue weighted by Gasteiger charge is 2.21. The molecule has 2 aliphatic rings. The van der Waals surface area contributed by atoms with Gasteiger partial charge in [-0.05, 0) is 41.8 Å². The number of piperazine rings is 1. The van der Waals surface area contributed by atoms with E-state index in [1.54, 1.807) is 0 Å². The zero-order valence-corrected chi connectivity index (χ0v) is 18.0. The van der Waals surface area contributed by atoms with Crippen LogP contribution in [0.25, 0.3) is 0 Å². The Morgan fingerprint density at radius 3 is 2.55 bits per heavy atom. The van der Waals surface area contributed by atoms with Crippen molar-refractivity contribution in [3.8, 4) is 17.6 Å². The second-order valence-corrected chi connectivity index (χ2v) is 8.06. The fourth-order valence-corrected chi connectivity index (χ4v) is 4.07. The van der Waals surface area contributed by atoms with Crippen molar-refractivity contribution in [2.75, 3.05) is 45.9 Å². The number of carbonyl (C=O) groups excluding carboxylic acids is 1. The lowest BCUT2D eigenvalue weighted by atomic mass is 10.1. The Balaban J connectivity index is 1.20. The fourth-order valence-electron chi connectivity index (χ4n) is 3.79. The van der Waals surface area contributed by atoms with E-state index in [4.69, 9.17) is 26.3 Å². The minimum absolute atomic E-state index is 0.0401. The smallest absolute Gasteiger partial charge is 0.317 e. The normalized spacial score (nSPS) is 15.9. The lowest BCUT2D eigenvalue weighted by Crippen LogP contribution is -2.51. The first-order chi connectivity index (χ1) is 15.1. The Hall–Kier alpha value is -2.95. The maximum absolute atomic E-state index is 12.5. The Morgan fingerprint density at radius 1 is 1.06 bits per heavy atom. The Kier molecular flexibility index (Phi) is 6.80. The van der Waals surface area contributed by atoms with Crippen LogP contribution in [0.3, 0.4) is 0 Å². The molecule has 0 bridgehead atoms. The van der Waals surface area contributed by atoms with Gasteiger partial charge in [0.1, 0.15) is 13.2 Å². The van der Waals surface area contributed by atoms with Crippen LogP contribution in [0.2, 0.25) is 5.02 Å². The quantitative estimate of drug-likeness (QED) is 0.773. The van der Waals surface area contributed by atoms with Gasteiger partial charge in [0, 0.05) is 39.3 Å². The number of hydrogen-bond acceptors (Lipinski definition) is 5. The second-order valence-electron chi connectivity index (χ2n) is 7.66. The standard InChI is InChI=1S/C23H25ClN4O3/c24-20-13-19(14-21-22(20)31-12-11-30-21)5-6-26-23(29)28-9-7-27(8-10-28)16-18-3-1-17(15-25)2-4-18/h1-4,13-14H,5-12,16H2,(H,26,29). The van der Waals surface area contributed by atoms with Crippen molar-refractivity contribution >= 4 is 17.6 Å². The highest BCUT2D eigenvalue weighted by molar-refractivity contribution is 6.32. The van der Waals surface area contributed by atoms with E-state index < -0.39 is 0 Å². The van der Waals surface area contributed by atoms with Crippen molar-refractivity contribution in [2.24, 2.45) is 0 Å². The molecular weight excluding hydrogens is 416 g/mol. The summed E-state index contributed by atoms with van der Waals surface area (Å²) in [6.07, 6.45) is 0.667. The number of nitrogens with one attached hydrogen (secondary N) is 1. The number of amides is 2. The Bertz CT molecular complexity index is 966. The topological polar surface area (TPSA) is 77.8 Å². The van der Waals surface area contributed by atoms with Crippen LogP contribution in [0.4, 0.5) is 4.79 Å². The van der Waals surface area contributed by atoms with Crippen molar-refractivity contribution in [2.45, 2.75) is 13.0 Å². The number of hydrogen-bond donors (Lipinski definition) is 1. The van der Waals surface area contributed by atoms with E-state index in [0.717, 1.165) is 25.2 Å². The SMILES string of the molecule is N#Cc1ccc(CN2CCN(C(=O)NCCc3cc(Cl)c4c(c3)OCCO4)CC2)cc1. The average Bonchev–Trinajstić information content (AvgIpc) is 2.80. The van der Waals surface area contributed by atoms with Crippen molar-refractivity contribution in [3.05, 3.63) is 58.1 Å². The molecule has 1 N–H and O–H groups in total. The van der Waals surface area contributed by atoms with Crippen LogP contribution in [0, 0.1) is 11.3 Å². The van der Waals surface area contributed by atoms with E-state index in [1.807, 2.05) is 41.3 Å². The molecule has 4 rings (SSSR count). The van der Waals surface area contributed by atoms with Gasteiger partial charge in [-0.15, -0.1) is 0 Å². The molecule has 0 atom stereocenters. The molecule has 1 fully saturated rings. The van der Waals surface area contributed by atoms with Crippen LogP contribution in [0.1, 0.15) is 16.7 Å². The van der Waals surface area contributed by atoms with Gasteiger partial charge in [0.2, 0.25) is 0 Å². The molecule has 2 amide bonds. The number of benzene rings is 2. The van der Waals surface area contributed by atoms with E-state index in [0.29, 0.717) is 61.4 Å². The molecule has 0 aliphatic carbocycles. The zero-order valence-electron chi connectivity index (χ0n) is 17.3. The third-order valence-electron chi connectivity index (χ3n) is 5.50. The molecule has 2 aromatic carbocycles. The molecule has 7 nitrogen and oxygen atoms in total. The monoisotopic (exact) mass is 440 g/mol. The molecule has 2 heterocycles. The summed E-state index contributed by atoms with van der Waals surface area (Å²) in [6, 6.07) is 13.5. The number of ether oxygens (including phenoxy) is 2. The molecular formula is C23H25ClN4O3. The van der Waals surface area contributed by atoms with Gasteiger partial charge >= 0.3 is 6.03 Å². The number of halogens is 1. The number of nitriles is 1. The van der Waals surface area contributed by atoms with Crippen molar-refractivity contribution in [1.29, 1.82) is 5.26 Å². The Morgan fingerprint density at radius 2 is 1.81 bits per heavy atom. The van der Waals surface area contributed by atoms with Crippen molar-refractivity contribution < 1.29 is 14.3 Å². The summed E-state index contributed by atoms with van der Waals surface area (Å²) >= 11 is 6.28. The van der Waals surface area contributed by atoms with Gasteiger partial charge in [-0.2, -0.15) is 5.26 Å². The second kappa shape index (κ2) is 9.90. The molecule has 0 aromatic heterocycles. The van der Waals surface area contributed by atoms with Gasteiger partial charge < -0.3 is 19.7 Å². The largest absolute Gasteiger partial charge is 0.486 e. The predicted molar refractivity (Wildman–Crippen MR) is 118 cm³/mol. The summed E-state index contributed by atoms with van der Waals surface area (Å²) in [4.78, 5) is 16.7. The fraction of sp³-hybridized carbons (Fsp3) is 0.391. The van der Waals surface area contributed by atoms with Crippen LogP contribution < -0.4 is 14.8 Å². The first-order valence-corrected chi connectivity index (χ1v) is 10.8. The predicted octanol–water partition coefficient (Wildman–Crippen LogP) is 3.05. The maximum Gasteiger partial charge on any atom is 0.317 e. The number of urea groups is 1. The molecule has 0 radical (unpaired) electrons. The summed E-state index contributed by atoms with van der Waals surface area (Å²) in [7, 11) is 0. The first kappa shape index (κ1) is 21.3. The molecule has 1 saturated heterocycles. The van der Waals surface area contributed by atoms with Gasteiger partial charge in [0.15, 0.2) is 11.5 Å². The van der Waals surface area contributed by atoms with Gasteiger partial charge in [-0.25, -0.2) is 4.79 Å². The molecule has 8 heteroatoms. The third kappa shape index (κ3) is 5.40. The van der Waals surface area contributed by atoms with E-state index in [1.165, 1.54) is 5.56 Å². The van der Waals surface area contributed by atoms with Crippen LogP contribution >= 0.6 is 11.6 Å².